The lowest BCUT2D eigenvalue weighted by atomic mass is 10.2. The molecule has 1 aromatic heterocycles. The van der Waals surface area contributed by atoms with E-state index in [0.717, 1.165) is 5.56 Å². The molecule has 7 nitrogen and oxygen atoms in total. The molecule has 138 valence electrons. The molecule has 1 aromatic carbocycles. The normalized spacial score (nSPS) is 11.7. The molecule has 0 aliphatic rings. The molecule has 0 aliphatic heterocycles. The number of nitrogens with one attached hydrogen (secondary N) is 1. The molecule has 1 unspecified atom stereocenters. The summed E-state index contributed by atoms with van der Waals surface area (Å²) >= 11 is 1.24. The zero-order valence-corrected chi connectivity index (χ0v) is 15.7. The fraction of sp³-hybridized carbons (Fsp3) is 0.333. The molecule has 26 heavy (non-hydrogen) atoms. The van der Waals surface area contributed by atoms with E-state index < -0.39 is 17.9 Å². The predicted octanol–water partition coefficient (Wildman–Crippen LogP) is 2.17. The average molecular weight is 375 g/mol. The molecular formula is C18H21N3O4S. The zero-order chi connectivity index (χ0) is 19.3. The molecule has 8 heteroatoms. The molecule has 1 atom stereocenters. The molecule has 0 radical (unpaired) electrons. The van der Waals surface area contributed by atoms with Gasteiger partial charge in [-0.3, -0.25) is 9.59 Å². The molecule has 2 rings (SSSR count). The first-order chi connectivity index (χ1) is 12.3. The maximum Gasteiger partial charge on any atom is 0.326 e. The van der Waals surface area contributed by atoms with Gasteiger partial charge in [0.15, 0.2) is 0 Å². The van der Waals surface area contributed by atoms with Crippen molar-refractivity contribution >= 4 is 29.1 Å². The van der Waals surface area contributed by atoms with Gasteiger partial charge in [0, 0.05) is 25.6 Å². The van der Waals surface area contributed by atoms with E-state index in [0.29, 0.717) is 15.6 Å². The van der Waals surface area contributed by atoms with Crippen LogP contribution in [0.15, 0.2) is 30.3 Å². The second-order valence-electron chi connectivity index (χ2n) is 5.80. The lowest BCUT2D eigenvalue weighted by molar-refractivity contribution is -0.141. The van der Waals surface area contributed by atoms with Crippen molar-refractivity contribution < 1.29 is 19.5 Å². The number of rotatable bonds is 7. The standard InChI is InChI=1S/C18H21N3O4S/c1-11-15(26-16(20-11)14-7-5-4-6-8-14)17(23)21(12(2)18(24)25)10-9-19-13(3)22/h4-8,12H,9-10H2,1-3H3,(H,19,22)(H,24,25). The summed E-state index contributed by atoms with van der Waals surface area (Å²) in [7, 11) is 0. The van der Waals surface area contributed by atoms with E-state index in [1.54, 1.807) is 6.92 Å². The second kappa shape index (κ2) is 8.57. The van der Waals surface area contributed by atoms with Gasteiger partial charge in [-0.25, -0.2) is 9.78 Å². The third-order valence-corrected chi connectivity index (χ3v) is 5.02. The van der Waals surface area contributed by atoms with Gasteiger partial charge in [-0.05, 0) is 13.8 Å². The van der Waals surface area contributed by atoms with Crippen LogP contribution in [0.25, 0.3) is 10.6 Å². The second-order valence-corrected chi connectivity index (χ2v) is 6.79. The highest BCUT2D eigenvalue weighted by Gasteiger charge is 2.29. The van der Waals surface area contributed by atoms with E-state index in [2.05, 4.69) is 10.3 Å². The Morgan fingerprint density at radius 3 is 2.50 bits per heavy atom. The van der Waals surface area contributed by atoms with E-state index in [1.807, 2.05) is 30.3 Å². The first kappa shape index (κ1) is 19.6. The monoisotopic (exact) mass is 375 g/mol. The lowest BCUT2D eigenvalue weighted by Gasteiger charge is -2.26. The molecule has 0 bridgehead atoms. The van der Waals surface area contributed by atoms with Crippen molar-refractivity contribution in [3.63, 3.8) is 0 Å². The smallest absolute Gasteiger partial charge is 0.326 e. The van der Waals surface area contributed by atoms with Crippen LogP contribution in [-0.4, -0.2) is 51.9 Å². The highest BCUT2D eigenvalue weighted by Crippen LogP contribution is 2.29. The molecule has 2 aromatic rings. The van der Waals surface area contributed by atoms with Crippen molar-refractivity contribution in [2.75, 3.05) is 13.1 Å². The topological polar surface area (TPSA) is 99.6 Å². The largest absolute Gasteiger partial charge is 0.480 e. The molecule has 1 heterocycles. The van der Waals surface area contributed by atoms with E-state index in [-0.39, 0.29) is 19.0 Å². The van der Waals surface area contributed by atoms with E-state index in [9.17, 15) is 19.5 Å². The van der Waals surface area contributed by atoms with Crippen LogP contribution in [0.5, 0.6) is 0 Å². The average Bonchev–Trinajstić information content (AvgIpc) is 3.00. The Kier molecular flexibility index (Phi) is 6.46. The van der Waals surface area contributed by atoms with Crippen molar-refractivity contribution in [3.8, 4) is 10.6 Å². The number of aryl methyl sites for hydroxylation is 1. The Balaban J connectivity index is 2.28. The summed E-state index contributed by atoms with van der Waals surface area (Å²) in [5.41, 5.74) is 1.46. The van der Waals surface area contributed by atoms with Crippen LogP contribution in [-0.2, 0) is 9.59 Å². The molecule has 0 saturated carbocycles. The maximum absolute atomic E-state index is 13.0. The number of amides is 2. The van der Waals surface area contributed by atoms with Gasteiger partial charge in [-0.15, -0.1) is 11.3 Å². The molecule has 0 aliphatic carbocycles. The fourth-order valence-electron chi connectivity index (χ4n) is 2.39. The summed E-state index contributed by atoms with van der Waals surface area (Å²) in [6.45, 7) is 4.83. The number of carboxylic acids is 1. The SMILES string of the molecule is CC(=O)NCCN(C(=O)c1sc(-c2ccccc2)nc1C)C(C)C(=O)O. The van der Waals surface area contributed by atoms with Gasteiger partial charge >= 0.3 is 5.97 Å². The van der Waals surface area contributed by atoms with Crippen molar-refractivity contribution in [3.05, 3.63) is 40.9 Å². The van der Waals surface area contributed by atoms with Crippen LogP contribution >= 0.6 is 11.3 Å². The third-order valence-electron chi connectivity index (χ3n) is 3.82. The summed E-state index contributed by atoms with van der Waals surface area (Å²) in [6, 6.07) is 8.47. The number of carbonyl (C=O) groups excluding carboxylic acids is 2. The van der Waals surface area contributed by atoms with Crippen LogP contribution in [0.4, 0.5) is 0 Å². The number of benzene rings is 1. The number of nitrogens with zero attached hydrogens (tertiary/aromatic N) is 2. The minimum Gasteiger partial charge on any atom is -0.480 e. The summed E-state index contributed by atoms with van der Waals surface area (Å²) in [5.74, 6) is -1.74. The van der Waals surface area contributed by atoms with Gasteiger partial charge in [0.1, 0.15) is 15.9 Å². The third kappa shape index (κ3) is 4.66. The number of aromatic nitrogens is 1. The van der Waals surface area contributed by atoms with Crippen molar-refractivity contribution in [2.24, 2.45) is 0 Å². The van der Waals surface area contributed by atoms with E-state index >= 15 is 0 Å². The molecular weight excluding hydrogens is 354 g/mol. The number of hydrogen-bond acceptors (Lipinski definition) is 5. The Morgan fingerprint density at radius 1 is 1.27 bits per heavy atom. The molecule has 2 amide bonds. The number of hydrogen-bond donors (Lipinski definition) is 2. The van der Waals surface area contributed by atoms with Crippen molar-refractivity contribution in [2.45, 2.75) is 26.8 Å². The Labute approximate surface area is 155 Å². The summed E-state index contributed by atoms with van der Waals surface area (Å²) in [4.78, 5) is 41.5. The van der Waals surface area contributed by atoms with Gasteiger partial charge in [0.2, 0.25) is 5.91 Å². The van der Waals surface area contributed by atoms with Crippen LogP contribution in [0.3, 0.4) is 0 Å². The number of thiazole rings is 1. The fourth-order valence-corrected chi connectivity index (χ4v) is 3.41. The predicted molar refractivity (Wildman–Crippen MR) is 99.1 cm³/mol. The van der Waals surface area contributed by atoms with Crippen LogP contribution in [0, 0.1) is 6.92 Å². The van der Waals surface area contributed by atoms with E-state index in [1.165, 1.54) is 30.1 Å². The quantitative estimate of drug-likeness (QED) is 0.773. The van der Waals surface area contributed by atoms with Crippen molar-refractivity contribution in [1.29, 1.82) is 0 Å². The van der Waals surface area contributed by atoms with Gasteiger partial charge < -0.3 is 15.3 Å². The van der Waals surface area contributed by atoms with Gasteiger partial charge in [0.05, 0.1) is 5.69 Å². The number of carbonyl (C=O) groups is 3. The zero-order valence-electron chi connectivity index (χ0n) is 14.9. The van der Waals surface area contributed by atoms with Gasteiger partial charge in [0.25, 0.3) is 5.91 Å². The molecule has 0 saturated heterocycles. The van der Waals surface area contributed by atoms with Crippen molar-refractivity contribution in [1.82, 2.24) is 15.2 Å². The highest BCUT2D eigenvalue weighted by atomic mass is 32.1. The Bertz CT molecular complexity index is 804. The number of carboxylic acid groups (broad SMARTS) is 1. The first-order valence-corrected chi connectivity index (χ1v) is 8.94. The van der Waals surface area contributed by atoms with Crippen LogP contribution < -0.4 is 5.32 Å². The van der Waals surface area contributed by atoms with Gasteiger partial charge in [-0.2, -0.15) is 0 Å². The first-order valence-electron chi connectivity index (χ1n) is 8.12. The Hall–Kier alpha value is -2.74. The van der Waals surface area contributed by atoms with Crippen LogP contribution in [0.1, 0.15) is 29.2 Å². The van der Waals surface area contributed by atoms with Crippen LogP contribution in [0.2, 0.25) is 0 Å². The summed E-state index contributed by atoms with van der Waals surface area (Å²) in [5, 5.41) is 12.6. The summed E-state index contributed by atoms with van der Waals surface area (Å²) in [6.07, 6.45) is 0. The molecule has 0 spiro atoms. The molecule has 2 N–H and O–H groups in total. The summed E-state index contributed by atoms with van der Waals surface area (Å²) < 4.78 is 0. The minimum absolute atomic E-state index is 0.101. The van der Waals surface area contributed by atoms with E-state index in [4.69, 9.17) is 0 Å². The highest BCUT2D eigenvalue weighted by molar-refractivity contribution is 7.17. The maximum atomic E-state index is 13.0. The minimum atomic E-state index is -1.10. The molecule has 0 fully saturated rings. The Morgan fingerprint density at radius 2 is 1.92 bits per heavy atom. The lowest BCUT2D eigenvalue weighted by Crippen LogP contribution is -2.46. The van der Waals surface area contributed by atoms with Gasteiger partial charge in [-0.1, -0.05) is 30.3 Å². The number of aliphatic carboxylic acids is 1.